The number of carbonyl (C=O) groups excluding carboxylic acids is 1. The molecule has 7 heteroatoms. The highest BCUT2D eigenvalue weighted by molar-refractivity contribution is 5.96. The SMILES string of the molecule is CCOCCOc1ccccc1C(=O)NCC(c1ccc(OC)cc1)N1CCOCC1. The smallest absolute Gasteiger partial charge is 0.255 e. The molecule has 0 bridgehead atoms. The third-order valence-electron chi connectivity index (χ3n) is 5.26. The number of rotatable bonds is 11. The molecule has 1 aliphatic heterocycles. The van der Waals surface area contributed by atoms with E-state index in [4.69, 9.17) is 18.9 Å². The normalized spacial score (nSPS) is 15.3. The van der Waals surface area contributed by atoms with E-state index in [1.807, 2.05) is 37.3 Å². The molecule has 1 saturated heterocycles. The van der Waals surface area contributed by atoms with Crippen molar-refractivity contribution >= 4 is 5.91 Å². The van der Waals surface area contributed by atoms with E-state index in [1.54, 1.807) is 13.2 Å². The van der Waals surface area contributed by atoms with Crippen LogP contribution < -0.4 is 14.8 Å². The second-order valence-corrected chi connectivity index (χ2v) is 7.19. The van der Waals surface area contributed by atoms with Gasteiger partial charge in [0, 0.05) is 26.2 Å². The molecule has 1 heterocycles. The van der Waals surface area contributed by atoms with Gasteiger partial charge in [0.05, 0.1) is 38.5 Å². The molecule has 1 aliphatic rings. The summed E-state index contributed by atoms with van der Waals surface area (Å²) in [5.74, 6) is 1.22. The Labute approximate surface area is 184 Å². The number of methoxy groups -OCH3 is 1. The molecule has 0 aliphatic carbocycles. The molecule has 31 heavy (non-hydrogen) atoms. The summed E-state index contributed by atoms with van der Waals surface area (Å²) in [5, 5.41) is 3.10. The molecule has 1 atom stereocenters. The van der Waals surface area contributed by atoms with E-state index in [0.29, 0.717) is 50.9 Å². The van der Waals surface area contributed by atoms with E-state index in [1.165, 1.54) is 0 Å². The van der Waals surface area contributed by atoms with E-state index in [-0.39, 0.29) is 11.9 Å². The minimum atomic E-state index is -0.154. The van der Waals surface area contributed by atoms with Crippen molar-refractivity contribution in [1.82, 2.24) is 10.2 Å². The highest BCUT2D eigenvalue weighted by Crippen LogP contribution is 2.24. The van der Waals surface area contributed by atoms with Crippen molar-refractivity contribution in [2.75, 3.05) is 59.8 Å². The first-order valence-electron chi connectivity index (χ1n) is 10.8. The molecular formula is C24H32N2O5. The number of morpholine rings is 1. The lowest BCUT2D eigenvalue weighted by Gasteiger charge is -2.35. The van der Waals surface area contributed by atoms with E-state index >= 15 is 0 Å². The lowest BCUT2D eigenvalue weighted by atomic mass is 10.0. The van der Waals surface area contributed by atoms with Gasteiger partial charge in [-0.15, -0.1) is 0 Å². The van der Waals surface area contributed by atoms with Crippen LogP contribution in [0.5, 0.6) is 11.5 Å². The van der Waals surface area contributed by atoms with Crippen LogP contribution in [0.1, 0.15) is 28.9 Å². The predicted octanol–water partition coefficient (Wildman–Crippen LogP) is 2.91. The Morgan fingerprint density at radius 3 is 2.55 bits per heavy atom. The van der Waals surface area contributed by atoms with Crippen molar-refractivity contribution in [3.63, 3.8) is 0 Å². The van der Waals surface area contributed by atoms with E-state index in [9.17, 15) is 4.79 Å². The number of amides is 1. The molecule has 1 fully saturated rings. The number of nitrogens with one attached hydrogen (secondary N) is 1. The molecule has 7 nitrogen and oxygen atoms in total. The van der Waals surface area contributed by atoms with Gasteiger partial charge in [-0.2, -0.15) is 0 Å². The molecule has 1 N–H and O–H groups in total. The average molecular weight is 429 g/mol. The molecule has 0 aromatic heterocycles. The molecule has 3 rings (SSSR count). The summed E-state index contributed by atoms with van der Waals surface area (Å²) in [6, 6.07) is 15.3. The first-order chi connectivity index (χ1) is 15.2. The zero-order chi connectivity index (χ0) is 21.9. The van der Waals surface area contributed by atoms with Crippen molar-refractivity contribution < 1.29 is 23.7 Å². The van der Waals surface area contributed by atoms with Crippen molar-refractivity contribution in [3.05, 3.63) is 59.7 Å². The summed E-state index contributed by atoms with van der Waals surface area (Å²) in [6.45, 7) is 6.98. The highest BCUT2D eigenvalue weighted by Gasteiger charge is 2.24. The number of carbonyl (C=O) groups is 1. The Kier molecular flexibility index (Phi) is 9.15. The average Bonchev–Trinajstić information content (AvgIpc) is 2.83. The summed E-state index contributed by atoms with van der Waals surface area (Å²) in [4.78, 5) is 15.3. The Hall–Kier alpha value is -2.61. The third kappa shape index (κ3) is 6.69. The van der Waals surface area contributed by atoms with E-state index < -0.39 is 0 Å². The van der Waals surface area contributed by atoms with Crippen LogP contribution in [0.25, 0.3) is 0 Å². The second kappa shape index (κ2) is 12.3. The lowest BCUT2D eigenvalue weighted by Crippen LogP contribution is -2.43. The van der Waals surface area contributed by atoms with E-state index in [0.717, 1.165) is 24.4 Å². The largest absolute Gasteiger partial charge is 0.497 e. The Morgan fingerprint density at radius 1 is 1.10 bits per heavy atom. The van der Waals surface area contributed by atoms with Crippen LogP contribution in [-0.2, 0) is 9.47 Å². The van der Waals surface area contributed by atoms with Gasteiger partial charge in [0.25, 0.3) is 5.91 Å². The van der Waals surface area contributed by atoms with Crippen molar-refractivity contribution in [1.29, 1.82) is 0 Å². The zero-order valence-corrected chi connectivity index (χ0v) is 18.3. The first-order valence-corrected chi connectivity index (χ1v) is 10.8. The third-order valence-corrected chi connectivity index (χ3v) is 5.26. The zero-order valence-electron chi connectivity index (χ0n) is 18.3. The summed E-state index contributed by atoms with van der Waals surface area (Å²) < 4.78 is 21.9. The van der Waals surface area contributed by atoms with E-state index in [2.05, 4.69) is 22.3 Å². The number of hydrogen-bond donors (Lipinski definition) is 1. The maximum absolute atomic E-state index is 13.0. The quantitative estimate of drug-likeness (QED) is 0.555. The first kappa shape index (κ1) is 23.1. The predicted molar refractivity (Wildman–Crippen MR) is 119 cm³/mol. The number of para-hydroxylation sites is 1. The van der Waals surface area contributed by atoms with Gasteiger partial charge in [-0.3, -0.25) is 9.69 Å². The number of ether oxygens (including phenoxy) is 4. The van der Waals surface area contributed by atoms with Gasteiger partial charge in [-0.1, -0.05) is 24.3 Å². The Morgan fingerprint density at radius 2 is 1.84 bits per heavy atom. The van der Waals surface area contributed by atoms with Crippen molar-refractivity contribution in [2.45, 2.75) is 13.0 Å². The van der Waals surface area contributed by atoms with Crippen LogP contribution in [0.3, 0.4) is 0 Å². The minimum Gasteiger partial charge on any atom is -0.497 e. The Bertz CT molecular complexity index is 806. The minimum absolute atomic E-state index is 0.0461. The maximum Gasteiger partial charge on any atom is 0.255 e. The topological polar surface area (TPSA) is 69.3 Å². The fourth-order valence-corrected chi connectivity index (χ4v) is 3.59. The fourth-order valence-electron chi connectivity index (χ4n) is 3.59. The van der Waals surface area contributed by atoms with Crippen LogP contribution in [0.2, 0.25) is 0 Å². The molecule has 0 saturated carbocycles. The van der Waals surface area contributed by atoms with Gasteiger partial charge in [-0.25, -0.2) is 0 Å². The fraction of sp³-hybridized carbons (Fsp3) is 0.458. The number of benzene rings is 2. The van der Waals surface area contributed by atoms with Crippen molar-refractivity contribution in [3.8, 4) is 11.5 Å². The molecule has 1 amide bonds. The molecule has 0 radical (unpaired) electrons. The van der Waals surface area contributed by atoms with Gasteiger partial charge in [-0.05, 0) is 36.8 Å². The van der Waals surface area contributed by atoms with Crippen LogP contribution in [0.15, 0.2) is 48.5 Å². The van der Waals surface area contributed by atoms with Gasteiger partial charge in [0.1, 0.15) is 18.1 Å². The maximum atomic E-state index is 13.0. The molecule has 0 spiro atoms. The van der Waals surface area contributed by atoms with Crippen LogP contribution in [0, 0.1) is 0 Å². The monoisotopic (exact) mass is 428 g/mol. The second-order valence-electron chi connectivity index (χ2n) is 7.19. The Balaban J connectivity index is 1.68. The summed E-state index contributed by atoms with van der Waals surface area (Å²) in [7, 11) is 1.66. The van der Waals surface area contributed by atoms with Gasteiger partial charge in [0.2, 0.25) is 0 Å². The number of hydrogen-bond acceptors (Lipinski definition) is 6. The van der Waals surface area contributed by atoms with Gasteiger partial charge in [0.15, 0.2) is 0 Å². The summed E-state index contributed by atoms with van der Waals surface area (Å²) in [6.07, 6.45) is 0. The van der Waals surface area contributed by atoms with Crippen molar-refractivity contribution in [2.24, 2.45) is 0 Å². The molecule has 168 valence electrons. The summed E-state index contributed by atoms with van der Waals surface area (Å²) >= 11 is 0. The molecule has 2 aromatic carbocycles. The lowest BCUT2D eigenvalue weighted by molar-refractivity contribution is 0.0162. The standard InChI is InChI=1S/C24H32N2O5/c1-3-29-16-17-31-23-7-5-4-6-21(23)24(27)25-18-22(26-12-14-30-15-13-26)19-8-10-20(28-2)11-9-19/h4-11,22H,3,12-18H2,1-2H3,(H,25,27). The summed E-state index contributed by atoms with van der Waals surface area (Å²) in [5.41, 5.74) is 1.65. The molecule has 1 unspecified atom stereocenters. The molecular weight excluding hydrogens is 396 g/mol. The van der Waals surface area contributed by atoms with Gasteiger partial charge >= 0.3 is 0 Å². The van der Waals surface area contributed by atoms with Gasteiger partial charge < -0.3 is 24.3 Å². The number of nitrogens with zero attached hydrogens (tertiary/aromatic N) is 1. The highest BCUT2D eigenvalue weighted by atomic mass is 16.5. The van der Waals surface area contributed by atoms with Crippen LogP contribution in [0.4, 0.5) is 0 Å². The van der Waals surface area contributed by atoms with Crippen LogP contribution in [-0.4, -0.2) is 70.6 Å². The van der Waals surface area contributed by atoms with Crippen LogP contribution >= 0.6 is 0 Å². The molecule has 2 aromatic rings.